The van der Waals surface area contributed by atoms with Crippen LogP contribution in [0.2, 0.25) is 0 Å². The fourth-order valence-electron chi connectivity index (χ4n) is 3.83. The van der Waals surface area contributed by atoms with Crippen LogP contribution in [-0.2, 0) is 20.7 Å². The summed E-state index contributed by atoms with van der Waals surface area (Å²) in [6.45, 7) is 4.07. The maximum Gasteiger partial charge on any atom is 0.305 e. The van der Waals surface area contributed by atoms with E-state index in [-0.39, 0.29) is 5.97 Å². The van der Waals surface area contributed by atoms with Crippen molar-refractivity contribution in [2.24, 2.45) is 4.99 Å². The van der Waals surface area contributed by atoms with E-state index in [1.165, 1.54) is 7.11 Å². The zero-order valence-corrected chi connectivity index (χ0v) is 17.6. The number of ether oxygens (including phenoxy) is 2. The van der Waals surface area contributed by atoms with Gasteiger partial charge < -0.3 is 19.4 Å². The lowest BCUT2D eigenvalue weighted by atomic mass is 10.0. The molecule has 0 atom stereocenters. The number of hydrogen-bond donors (Lipinski definition) is 2. The zero-order valence-electron chi connectivity index (χ0n) is 17.6. The molecular formula is C24H25N3O3. The number of hydrogen-bond acceptors (Lipinski definition) is 4. The highest BCUT2D eigenvalue weighted by Gasteiger charge is 2.19. The molecule has 3 aromatic rings. The molecule has 154 valence electrons. The molecule has 0 radical (unpaired) electrons. The fraction of sp³-hybridized carbons (Fsp3) is 0.250. The highest BCUT2D eigenvalue weighted by Crippen LogP contribution is 2.28. The number of aromatic nitrogens is 2. The van der Waals surface area contributed by atoms with Gasteiger partial charge in [0.05, 0.1) is 25.6 Å². The summed E-state index contributed by atoms with van der Waals surface area (Å²) < 4.78 is 10.3. The lowest BCUT2D eigenvalue weighted by molar-refractivity contribution is -0.140. The molecule has 0 aliphatic carbocycles. The third kappa shape index (κ3) is 3.68. The Morgan fingerprint density at radius 3 is 2.70 bits per heavy atom. The van der Waals surface area contributed by atoms with Crippen molar-refractivity contribution < 1.29 is 14.3 Å². The average Bonchev–Trinajstić information content (AvgIpc) is 3.42. The van der Waals surface area contributed by atoms with Gasteiger partial charge in [0.1, 0.15) is 11.5 Å². The van der Waals surface area contributed by atoms with Gasteiger partial charge in [-0.3, -0.25) is 4.79 Å². The topological polar surface area (TPSA) is 79.5 Å². The number of fused-ring (bicyclic) bond motifs is 1. The predicted octanol–water partition coefficient (Wildman–Crippen LogP) is 4.59. The minimum absolute atomic E-state index is 0.206. The number of esters is 1. The second kappa shape index (κ2) is 8.06. The third-order valence-corrected chi connectivity index (χ3v) is 5.51. The van der Waals surface area contributed by atoms with Crippen molar-refractivity contribution in [1.29, 1.82) is 0 Å². The van der Waals surface area contributed by atoms with Crippen LogP contribution < -0.4 is 0 Å². The van der Waals surface area contributed by atoms with Crippen molar-refractivity contribution >= 4 is 28.7 Å². The first-order valence-electron chi connectivity index (χ1n) is 9.89. The quantitative estimate of drug-likeness (QED) is 0.591. The van der Waals surface area contributed by atoms with Gasteiger partial charge in [-0.1, -0.05) is 18.2 Å². The SMILES string of the molecule is COC(=O)CCc1c(C)[nH]c(C=C2N=C(c3cc4ccccc4[nH]3)C=C2OC)c1C. The number of benzene rings is 1. The van der Waals surface area contributed by atoms with Gasteiger partial charge in [0.15, 0.2) is 0 Å². The van der Waals surface area contributed by atoms with Crippen molar-refractivity contribution in [3.8, 4) is 0 Å². The van der Waals surface area contributed by atoms with Gasteiger partial charge in [-0.15, -0.1) is 0 Å². The van der Waals surface area contributed by atoms with Gasteiger partial charge in [-0.2, -0.15) is 0 Å². The van der Waals surface area contributed by atoms with Gasteiger partial charge in [-0.25, -0.2) is 4.99 Å². The minimum Gasteiger partial charge on any atom is -0.494 e. The minimum atomic E-state index is -0.206. The normalized spacial score (nSPS) is 14.9. The smallest absolute Gasteiger partial charge is 0.305 e. The van der Waals surface area contributed by atoms with E-state index >= 15 is 0 Å². The van der Waals surface area contributed by atoms with E-state index in [9.17, 15) is 4.79 Å². The van der Waals surface area contributed by atoms with Crippen LogP contribution in [0, 0.1) is 13.8 Å². The largest absolute Gasteiger partial charge is 0.494 e. The first-order chi connectivity index (χ1) is 14.5. The number of para-hydroxylation sites is 1. The van der Waals surface area contributed by atoms with Crippen LogP contribution in [0.25, 0.3) is 17.0 Å². The molecule has 4 rings (SSSR count). The highest BCUT2D eigenvalue weighted by atomic mass is 16.5. The van der Waals surface area contributed by atoms with Gasteiger partial charge in [0.2, 0.25) is 0 Å². The molecule has 2 aromatic heterocycles. The van der Waals surface area contributed by atoms with Crippen LogP contribution >= 0.6 is 0 Å². The molecule has 1 aliphatic heterocycles. The molecule has 1 aliphatic rings. The third-order valence-electron chi connectivity index (χ3n) is 5.51. The number of nitrogens with one attached hydrogen (secondary N) is 2. The Balaban J connectivity index is 1.66. The first-order valence-corrected chi connectivity index (χ1v) is 9.89. The summed E-state index contributed by atoms with van der Waals surface area (Å²) in [6.07, 6.45) is 4.94. The Bertz CT molecular complexity index is 1170. The molecule has 0 fully saturated rings. The summed E-state index contributed by atoms with van der Waals surface area (Å²) in [4.78, 5) is 23.2. The van der Waals surface area contributed by atoms with Crippen LogP contribution in [-0.4, -0.2) is 35.9 Å². The summed E-state index contributed by atoms with van der Waals surface area (Å²) in [5, 5.41) is 1.14. The molecular weight excluding hydrogens is 378 g/mol. The molecule has 1 aromatic carbocycles. The van der Waals surface area contributed by atoms with Crippen LogP contribution in [0.5, 0.6) is 0 Å². The predicted molar refractivity (Wildman–Crippen MR) is 119 cm³/mol. The summed E-state index contributed by atoms with van der Waals surface area (Å²) in [5.74, 6) is 0.509. The van der Waals surface area contributed by atoms with Crippen LogP contribution in [0.4, 0.5) is 0 Å². The number of carbonyl (C=O) groups is 1. The summed E-state index contributed by atoms with van der Waals surface area (Å²) in [6, 6.07) is 10.2. The van der Waals surface area contributed by atoms with Crippen LogP contribution in [0.1, 0.15) is 34.6 Å². The van der Waals surface area contributed by atoms with Crippen LogP contribution in [0.15, 0.2) is 52.9 Å². The maximum atomic E-state index is 11.5. The molecule has 0 spiro atoms. The molecule has 0 saturated carbocycles. The summed E-state index contributed by atoms with van der Waals surface area (Å²) >= 11 is 0. The van der Waals surface area contributed by atoms with E-state index in [0.29, 0.717) is 18.6 Å². The number of aryl methyl sites for hydroxylation is 1. The number of carbonyl (C=O) groups excluding carboxylic acids is 1. The van der Waals surface area contributed by atoms with E-state index < -0.39 is 0 Å². The molecule has 0 unspecified atom stereocenters. The Kier molecular flexibility index (Phi) is 5.31. The Morgan fingerprint density at radius 1 is 1.17 bits per heavy atom. The Morgan fingerprint density at radius 2 is 1.97 bits per heavy atom. The molecule has 6 nitrogen and oxygen atoms in total. The number of methoxy groups -OCH3 is 2. The monoisotopic (exact) mass is 403 g/mol. The molecule has 6 heteroatoms. The number of rotatable bonds is 6. The molecule has 0 bridgehead atoms. The molecule has 2 N–H and O–H groups in total. The van der Waals surface area contributed by atoms with Crippen molar-refractivity contribution in [3.63, 3.8) is 0 Å². The number of H-pyrrole nitrogens is 2. The van der Waals surface area contributed by atoms with Crippen molar-refractivity contribution in [1.82, 2.24) is 9.97 Å². The Hall–Kier alpha value is -3.54. The molecule has 0 saturated heterocycles. The molecule has 30 heavy (non-hydrogen) atoms. The average molecular weight is 403 g/mol. The first kappa shape index (κ1) is 19.8. The molecule has 0 amide bonds. The number of aliphatic imine (C=N–C) groups is 1. The fourth-order valence-corrected chi connectivity index (χ4v) is 3.83. The van der Waals surface area contributed by atoms with E-state index in [4.69, 9.17) is 14.5 Å². The number of nitrogens with zero attached hydrogens (tertiary/aromatic N) is 1. The second-order valence-electron chi connectivity index (χ2n) is 7.35. The van der Waals surface area contributed by atoms with E-state index in [1.807, 2.05) is 37.3 Å². The van der Waals surface area contributed by atoms with Crippen molar-refractivity contribution in [2.45, 2.75) is 26.7 Å². The van der Waals surface area contributed by atoms with Crippen molar-refractivity contribution in [2.75, 3.05) is 14.2 Å². The molecule has 3 heterocycles. The van der Waals surface area contributed by atoms with E-state index in [2.05, 4.69) is 29.0 Å². The second-order valence-corrected chi connectivity index (χ2v) is 7.35. The lowest BCUT2D eigenvalue weighted by Crippen LogP contribution is -2.02. The Labute approximate surface area is 175 Å². The number of aromatic amines is 2. The lowest BCUT2D eigenvalue weighted by Gasteiger charge is -2.03. The van der Waals surface area contributed by atoms with Crippen molar-refractivity contribution in [3.05, 3.63) is 76.1 Å². The highest BCUT2D eigenvalue weighted by molar-refractivity contribution is 6.13. The standard InChI is InChI=1S/C24H25N3O3/c1-14-17(9-10-24(28)30-4)15(2)25-19(14)12-22-23(29-3)13-21(27-22)20-11-16-7-5-6-8-18(16)26-20/h5-8,11-13,25-26H,9-10H2,1-4H3. The summed E-state index contributed by atoms with van der Waals surface area (Å²) in [7, 11) is 3.06. The van der Waals surface area contributed by atoms with Gasteiger partial charge in [-0.05, 0) is 49.6 Å². The summed E-state index contributed by atoms with van der Waals surface area (Å²) in [5.41, 5.74) is 7.87. The van der Waals surface area contributed by atoms with Gasteiger partial charge >= 0.3 is 5.97 Å². The van der Waals surface area contributed by atoms with Gasteiger partial charge in [0.25, 0.3) is 0 Å². The maximum absolute atomic E-state index is 11.5. The van der Waals surface area contributed by atoms with E-state index in [0.717, 1.165) is 50.5 Å². The zero-order chi connectivity index (χ0) is 21.3. The van der Waals surface area contributed by atoms with Gasteiger partial charge in [0, 0.05) is 34.8 Å². The van der Waals surface area contributed by atoms with Crippen LogP contribution in [0.3, 0.4) is 0 Å². The number of allylic oxidation sites excluding steroid dienone is 1. The van der Waals surface area contributed by atoms with E-state index in [1.54, 1.807) is 7.11 Å².